The number of carbonyl (C=O) groups is 1. The van der Waals surface area contributed by atoms with Crippen LogP contribution >= 0.6 is 27.5 Å². The highest BCUT2D eigenvalue weighted by Crippen LogP contribution is 2.19. The molecule has 0 heterocycles. The first kappa shape index (κ1) is 16.4. The number of carbonyl (C=O) groups excluding carboxylic acids is 1. The van der Waals surface area contributed by atoms with Gasteiger partial charge in [-0.25, -0.2) is 0 Å². The molecular formula is C13H17BrClNO3. The molecule has 19 heavy (non-hydrogen) atoms. The Hall–Kier alpha value is -0.620. The van der Waals surface area contributed by atoms with E-state index in [9.17, 15) is 9.90 Å². The highest BCUT2D eigenvalue weighted by atomic mass is 79.9. The lowest BCUT2D eigenvalue weighted by molar-refractivity contribution is 0.0243. The Balaban J connectivity index is 2.60. The number of amides is 1. The van der Waals surface area contributed by atoms with Crippen LogP contribution in [0.2, 0.25) is 5.02 Å². The summed E-state index contributed by atoms with van der Waals surface area (Å²) in [6.07, 6.45) is 0.447. The van der Waals surface area contributed by atoms with Crippen LogP contribution in [0.5, 0.6) is 0 Å². The van der Waals surface area contributed by atoms with E-state index in [1.165, 1.54) is 0 Å². The minimum Gasteiger partial charge on any atom is -0.388 e. The molecule has 0 aliphatic carbocycles. The van der Waals surface area contributed by atoms with E-state index in [2.05, 4.69) is 21.2 Å². The van der Waals surface area contributed by atoms with Gasteiger partial charge in [-0.05, 0) is 25.1 Å². The maximum absolute atomic E-state index is 11.9. The molecule has 1 atom stereocenters. The third kappa shape index (κ3) is 5.91. The summed E-state index contributed by atoms with van der Waals surface area (Å²) in [7, 11) is 1.57. The fourth-order valence-corrected chi connectivity index (χ4v) is 2.33. The molecule has 1 aromatic rings. The van der Waals surface area contributed by atoms with Crippen LogP contribution in [0.3, 0.4) is 0 Å². The van der Waals surface area contributed by atoms with Gasteiger partial charge in [0.2, 0.25) is 0 Å². The smallest absolute Gasteiger partial charge is 0.251 e. The normalized spacial score (nSPS) is 13.9. The van der Waals surface area contributed by atoms with Crippen LogP contribution in [-0.4, -0.2) is 36.9 Å². The summed E-state index contributed by atoms with van der Waals surface area (Å²) in [6, 6.07) is 4.95. The Morgan fingerprint density at radius 3 is 2.79 bits per heavy atom. The molecule has 1 rings (SSSR count). The molecule has 0 spiro atoms. The predicted molar refractivity (Wildman–Crippen MR) is 78.6 cm³/mol. The molecule has 0 bridgehead atoms. The standard InChI is InChI=1S/C13H17BrClNO3/c1-13(18,3-4-19-2)8-16-12(17)9-5-10(14)7-11(15)6-9/h5-7,18H,3-4,8H2,1-2H3,(H,16,17). The molecule has 1 amide bonds. The highest BCUT2D eigenvalue weighted by molar-refractivity contribution is 9.10. The predicted octanol–water partition coefficient (Wildman–Crippen LogP) is 2.62. The molecule has 4 nitrogen and oxygen atoms in total. The molecule has 2 N–H and O–H groups in total. The van der Waals surface area contributed by atoms with Gasteiger partial charge in [-0.3, -0.25) is 4.79 Å². The number of benzene rings is 1. The van der Waals surface area contributed by atoms with E-state index in [0.29, 0.717) is 23.6 Å². The van der Waals surface area contributed by atoms with E-state index in [4.69, 9.17) is 16.3 Å². The number of methoxy groups -OCH3 is 1. The van der Waals surface area contributed by atoms with Gasteiger partial charge in [0.1, 0.15) is 0 Å². The number of ether oxygens (including phenoxy) is 1. The van der Waals surface area contributed by atoms with Crippen molar-refractivity contribution < 1.29 is 14.6 Å². The molecule has 0 radical (unpaired) electrons. The van der Waals surface area contributed by atoms with Crippen LogP contribution in [0.1, 0.15) is 23.7 Å². The zero-order chi connectivity index (χ0) is 14.5. The van der Waals surface area contributed by atoms with Gasteiger partial charge in [-0.1, -0.05) is 27.5 Å². The minimum atomic E-state index is -0.999. The third-order valence-corrected chi connectivity index (χ3v) is 3.28. The van der Waals surface area contributed by atoms with Crippen molar-refractivity contribution in [1.29, 1.82) is 0 Å². The van der Waals surface area contributed by atoms with Gasteiger partial charge >= 0.3 is 0 Å². The zero-order valence-corrected chi connectivity index (χ0v) is 13.2. The van der Waals surface area contributed by atoms with Gasteiger partial charge in [-0.15, -0.1) is 0 Å². The van der Waals surface area contributed by atoms with Crippen molar-refractivity contribution in [2.75, 3.05) is 20.3 Å². The maximum Gasteiger partial charge on any atom is 0.251 e. The lowest BCUT2D eigenvalue weighted by Gasteiger charge is -2.23. The number of hydrogen-bond acceptors (Lipinski definition) is 3. The van der Waals surface area contributed by atoms with Crippen molar-refractivity contribution >= 4 is 33.4 Å². The van der Waals surface area contributed by atoms with Crippen LogP contribution in [-0.2, 0) is 4.74 Å². The third-order valence-electron chi connectivity index (χ3n) is 2.60. The van der Waals surface area contributed by atoms with Crippen molar-refractivity contribution in [2.24, 2.45) is 0 Å². The molecule has 0 fully saturated rings. The van der Waals surface area contributed by atoms with Gasteiger partial charge in [0, 0.05) is 41.7 Å². The van der Waals surface area contributed by atoms with E-state index in [0.717, 1.165) is 4.47 Å². The summed E-state index contributed by atoms with van der Waals surface area (Å²) in [5.74, 6) is -0.277. The molecule has 0 aliphatic heterocycles. The van der Waals surface area contributed by atoms with Crippen LogP contribution < -0.4 is 5.32 Å². The van der Waals surface area contributed by atoms with E-state index < -0.39 is 5.60 Å². The Labute approximate surface area is 126 Å². The number of halogens is 2. The Kier molecular flexibility index (Phi) is 6.26. The van der Waals surface area contributed by atoms with Gasteiger partial charge in [0.25, 0.3) is 5.91 Å². The first-order valence-corrected chi connectivity index (χ1v) is 6.97. The van der Waals surface area contributed by atoms with Crippen LogP contribution in [0.15, 0.2) is 22.7 Å². The van der Waals surface area contributed by atoms with Crippen LogP contribution in [0.25, 0.3) is 0 Å². The monoisotopic (exact) mass is 349 g/mol. The lowest BCUT2D eigenvalue weighted by Crippen LogP contribution is -2.41. The summed E-state index contributed by atoms with van der Waals surface area (Å²) in [6.45, 7) is 2.24. The fraction of sp³-hybridized carbons (Fsp3) is 0.462. The number of nitrogens with one attached hydrogen (secondary N) is 1. The molecular weight excluding hydrogens is 334 g/mol. The van der Waals surface area contributed by atoms with Crippen molar-refractivity contribution in [3.63, 3.8) is 0 Å². The van der Waals surface area contributed by atoms with Crippen LogP contribution in [0.4, 0.5) is 0 Å². The first-order valence-electron chi connectivity index (χ1n) is 5.80. The molecule has 1 aromatic carbocycles. The van der Waals surface area contributed by atoms with Crippen molar-refractivity contribution in [3.8, 4) is 0 Å². The molecule has 106 valence electrons. The summed E-state index contributed by atoms with van der Waals surface area (Å²) < 4.78 is 5.64. The van der Waals surface area contributed by atoms with Crippen molar-refractivity contribution in [3.05, 3.63) is 33.3 Å². The first-order chi connectivity index (χ1) is 8.84. The average molecular weight is 351 g/mol. The molecule has 0 aliphatic rings. The second-order valence-corrected chi connectivity index (χ2v) is 5.93. The quantitative estimate of drug-likeness (QED) is 0.829. The van der Waals surface area contributed by atoms with Crippen molar-refractivity contribution in [2.45, 2.75) is 18.9 Å². The van der Waals surface area contributed by atoms with E-state index >= 15 is 0 Å². The van der Waals surface area contributed by atoms with Gasteiger partial charge < -0.3 is 15.2 Å². The van der Waals surface area contributed by atoms with Gasteiger partial charge in [0.05, 0.1) is 5.60 Å². The number of aliphatic hydroxyl groups is 1. The van der Waals surface area contributed by atoms with E-state index in [1.54, 1.807) is 32.2 Å². The summed E-state index contributed by atoms with van der Waals surface area (Å²) in [4.78, 5) is 11.9. The maximum atomic E-state index is 11.9. The number of rotatable bonds is 6. The summed E-state index contributed by atoms with van der Waals surface area (Å²) >= 11 is 9.15. The van der Waals surface area contributed by atoms with Gasteiger partial charge in [0.15, 0.2) is 0 Å². The Bertz CT molecular complexity index is 431. The van der Waals surface area contributed by atoms with Gasteiger partial charge in [-0.2, -0.15) is 0 Å². The van der Waals surface area contributed by atoms with Crippen LogP contribution in [0, 0.1) is 0 Å². The number of hydrogen-bond donors (Lipinski definition) is 2. The van der Waals surface area contributed by atoms with E-state index in [-0.39, 0.29) is 12.5 Å². The largest absolute Gasteiger partial charge is 0.388 e. The second kappa shape index (κ2) is 7.24. The molecule has 1 unspecified atom stereocenters. The Morgan fingerprint density at radius 1 is 1.53 bits per heavy atom. The average Bonchev–Trinajstić information content (AvgIpc) is 2.32. The molecule has 6 heteroatoms. The zero-order valence-electron chi connectivity index (χ0n) is 10.9. The Morgan fingerprint density at radius 2 is 2.21 bits per heavy atom. The highest BCUT2D eigenvalue weighted by Gasteiger charge is 2.21. The molecule has 0 aromatic heterocycles. The molecule has 0 saturated heterocycles. The summed E-state index contributed by atoms with van der Waals surface area (Å²) in [5.41, 5.74) is -0.552. The SMILES string of the molecule is COCCC(C)(O)CNC(=O)c1cc(Cl)cc(Br)c1. The summed E-state index contributed by atoms with van der Waals surface area (Å²) in [5, 5.41) is 13.2. The topological polar surface area (TPSA) is 58.6 Å². The molecule has 0 saturated carbocycles. The second-order valence-electron chi connectivity index (χ2n) is 4.58. The fourth-order valence-electron chi connectivity index (χ4n) is 1.47. The van der Waals surface area contributed by atoms with Crippen molar-refractivity contribution in [1.82, 2.24) is 5.32 Å². The minimum absolute atomic E-state index is 0.152. The van der Waals surface area contributed by atoms with E-state index in [1.807, 2.05) is 0 Å². The lowest BCUT2D eigenvalue weighted by atomic mass is 10.0.